The first kappa shape index (κ1) is 22.8. The monoisotopic (exact) mass is 339 g/mol. The summed E-state index contributed by atoms with van der Waals surface area (Å²) in [5, 5.41) is 11.1. The van der Waals surface area contributed by atoms with Crippen molar-refractivity contribution in [1.29, 1.82) is 0 Å². The van der Waals surface area contributed by atoms with Gasteiger partial charge in [-0.3, -0.25) is 10.1 Å². The van der Waals surface area contributed by atoms with Crippen LogP contribution < -0.4 is 0 Å². The molecule has 0 aromatic heterocycles. The Kier molecular flexibility index (Phi) is 17.3. The van der Waals surface area contributed by atoms with E-state index in [2.05, 4.69) is 6.92 Å². The fourth-order valence-corrected chi connectivity index (χ4v) is 2.86. The van der Waals surface area contributed by atoms with Crippen LogP contribution in [0.2, 0.25) is 0 Å². The van der Waals surface area contributed by atoms with Crippen molar-refractivity contribution in [2.75, 3.05) is 0 Å². The minimum absolute atomic E-state index is 0.143. The maximum absolute atomic E-state index is 11.1. The minimum Gasteiger partial charge on any atom is -0.303 e. The zero-order valence-corrected chi connectivity index (χ0v) is 15.6. The number of carbonyl (C=O) groups excluding carboxylic acids is 1. The molecule has 0 fully saturated rings. The molecule has 0 saturated carbocycles. The van der Waals surface area contributed by atoms with Crippen LogP contribution >= 0.6 is 0 Å². The molecule has 1 atom stereocenters. The fraction of sp³-hybridized carbons (Fsp3) is 0.850. The Balaban J connectivity index is 3.62. The largest absolute Gasteiger partial charge is 0.303 e. The van der Waals surface area contributed by atoms with E-state index in [-0.39, 0.29) is 4.92 Å². The summed E-state index contributed by atoms with van der Waals surface area (Å²) in [5.41, 5.74) is 0. The molecule has 4 heteroatoms. The number of allylic oxidation sites excluding steroid dienone is 1. The molecule has 24 heavy (non-hydrogen) atoms. The fourth-order valence-electron chi connectivity index (χ4n) is 2.86. The molecule has 0 aliphatic rings. The van der Waals surface area contributed by atoms with E-state index in [1.807, 2.05) is 6.08 Å². The number of nitrogens with zero attached hydrogens (tertiary/aromatic N) is 1. The first-order chi connectivity index (χ1) is 11.7. The lowest BCUT2D eigenvalue weighted by Gasteiger charge is -2.05. The zero-order valence-electron chi connectivity index (χ0n) is 15.6. The quantitative estimate of drug-likeness (QED) is 0.0973. The molecule has 0 amide bonds. The van der Waals surface area contributed by atoms with Gasteiger partial charge in [-0.1, -0.05) is 70.8 Å². The molecule has 1 unspecified atom stereocenters. The highest BCUT2D eigenvalue weighted by atomic mass is 16.6. The van der Waals surface area contributed by atoms with E-state index in [4.69, 9.17) is 0 Å². The van der Waals surface area contributed by atoms with Crippen molar-refractivity contribution in [2.24, 2.45) is 0 Å². The molecule has 0 N–H and O–H groups in total. The third kappa shape index (κ3) is 15.7. The van der Waals surface area contributed by atoms with Crippen molar-refractivity contribution in [1.82, 2.24) is 0 Å². The zero-order chi connectivity index (χ0) is 17.9. The van der Waals surface area contributed by atoms with Gasteiger partial charge in [-0.15, -0.1) is 0 Å². The number of aldehydes is 1. The average molecular weight is 340 g/mol. The number of unbranched alkanes of at least 4 members (excludes halogenated alkanes) is 12. The highest BCUT2D eigenvalue weighted by Crippen LogP contribution is 2.12. The smallest absolute Gasteiger partial charge is 0.231 e. The van der Waals surface area contributed by atoms with Gasteiger partial charge in [-0.25, -0.2) is 0 Å². The van der Waals surface area contributed by atoms with E-state index >= 15 is 0 Å². The van der Waals surface area contributed by atoms with Crippen LogP contribution in [0.4, 0.5) is 0 Å². The molecular weight excluding hydrogens is 302 g/mol. The van der Waals surface area contributed by atoms with Gasteiger partial charge >= 0.3 is 0 Å². The number of nitro groups is 1. The van der Waals surface area contributed by atoms with Crippen LogP contribution in [0.5, 0.6) is 0 Å². The second-order valence-corrected chi connectivity index (χ2v) is 6.70. The van der Waals surface area contributed by atoms with E-state index in [1.54, 1.807) is 6.08 Å². The molecule has 0 heterocycles. The molecule has 0 radical (unpaired) electrons. The molecule has 140 valence electrons. The van der Waals surface area contributed by atoms with Crippen molar-refractivity contribution in [3.05, 3.63) is 22.3 Å². The standard InChI is InChI=1S/C20H37NO3/c1-2-3-4-5-11-14-17-20(21(23)24)18-15-12-9-7-6-8-10-13-16-19-22/h15,18-20H,2-14,16-17H2,1H3/b18-15+. The summed E-state index contributed by atoms with van der Waals surface area (Å²) in [4.78, 5) is 21.1. The normalized spacial score (nSPS) is 12.5. The summed E-state index contributed by atoms with van der Waals surface area (Å²) in [6.07, 6.45) is 20.9. The first-order valence-corrected chi connectivity index (χ1v) is 9.96. The Labute approximate surface area is 148 Å². The first-order valence-electron chi connectivity index (χ1n) is 9.96. The summed E-state index contributed by atoms with van der Waals surface area (Å²) in [6.45, 7) is 2.20. The Morgan fingerprint density at radius 3 is 1.96 bits per heavy atom. The van der Waals surface area contributed by atoms with E-state index in [0.29, 0.717) is 12.8 Å². The molecule has 0 bridgehead atoms. The van der Waals surface area contributed by atoms with E-state index in [0.717, 1.165) is 44.8 Å². The Morgan fingerprint density at radius 1 is 0.833 bits per heavy atom. The van der Waals surface area contributed by atoms with Crippen LogP contribution in [0.3, 0.4) is 0 Å². The lowest BCUT2D eigenvalue weighted by Crippen LogP contribution is -2.16. The maximum Gasteiger partial charge on any atom is 0.231 e. The highest BCUT2D eigenvalue weighted by molar-refractivity contribution is 5.48. The van der Waals surface area contributed by atoms with Crippen molar-refractivity contribution in [2.45, 2.75) is 109 Å². The molecule has 0 aliphatic carbocycles. The predicted molar refractivity (Wildman–Crippen MR) is 101 cm³/mol. The lowest BCUT2D eigenvalue weighted by atomic mass is 10.0. The lowest BCUT2D eigenvalue weighted by molar-refractivity contribution is -0.510. The summed E-state index contributed by atoms with van der Waals surface area (Å²) >= 11 is 0. The summed E-state index contributed by atoms with van der Waals surface area (Å²) in [6, 6.07) is -0.500. The van der Waals surface area contributed by atoms with E-state index < -0.39 is 6.04 Å². The van der Waals surface area contributed by atoms with Crippen LogP contribution in [0.25, 0.3) is 0 Å². The van der Waals surface area contributed by atoms with Crippen LogP contribution in [-0.2, 0) is 4.79 Å². The van der Waals surface area contributed by atoms with E-state index in [9.17, 15) is 14.9 Å². The molecule has 0 aromatic carbocycles. The van der Waals surface area contributed by atoms with Gasteiger partial charge in [-0.2, -0.15) is 0 Å². The third-order valence-corrected chi connectivity index (χ3v) is 4.43. The average Bonchev–Trinajstić information content (AvgIpc) is 2.57. The molecule has 0 spiro atoms. The summed E-state index contributed by atoms with van der Waals surface area (Å²) in [5.74, 6) is 0. The Hall–Kier alpha value is -1.19. The third-order valence-electron chi connectivity index (χ3n) is 4.43. The maximum atomic E-state index is 11.1. The van der Waals surface area contributed by atoms with Crippen LogP contribution in [0.15, 0.2) is 12.2 Å². The molecule has 0 rings (SSSR count). The second kappa shape index (κ2) is 18.2. The summed E-state index contributed by atoms with van der Waals surface area (Å²) < 4.78 is 0. The number of hydrogen-bond donors (Lipinski definition) is 0. The van der Waals surface area contributed by atoms with Gasteiger partial charge in [0.05, 0.1) is 0 Å². The van der Waals surface area contributed by atoms with Crippen molar-refractivity contribution >= 4 is 6.29 Å². The number of rotatable bonds is 18. The van der Waals surface area contributed by atoms with Crippen LogP contribution in [0, 0.1) is 10.1 Å². The number of carbonyl (C=O) groups is 1. The molecule has 0 saturated heterocycles. The van der Waals surface area contributed by atoms with Crippen molar-refractivity contribution in [3.8, 4) is 0 Å². The number of hydrogen-bond acceptors (Lipinski definition) is 3. The molecule has 4 nitrogen and oxygen atoms in total. The van der Waals surface area contributed by atoms with Crippen LogP contribution in [0.1, 0.15) is 103 Å². The van der Waals surface area contributed by atoms with Gasteiger partial charge in [-0.05, 0) is 31.8 Å². The molecule has 0 aliphatic heterocycles. The van der Waals surface area contributed by atoms with Crippen LogP contribution in [-0.4, -0.2) is 17.3 Å². The molecular formula is C20H37NO3. The van der Waals surface area contributed by atoms with Gasteiger partial charge in [0.15, 0.2) is 0 Å². The van der Waals surface area contributed by atoms with Gasteiger partial charge in [0.2, 0.25) is 6.04 Å². The van der Waals surface area contributed by atoms with E-state index in [1.165, 1.54) is 44.9 Å². The SMILES string of the molecule is CCCCCCCCC(/C=C/CCCCCCCCC=O)[N+](=O)[O-]. The summed E-state index contributed by atoms with van der Waals surface area (Å²) in [7, 11) is 0. The van der Waals surface area contributed by atoms with Crippen molar-refractivity contribution in [3.63, 3.8) is 0 Å². The Morgan fingerprint density at radius 2 is 1.38 bits per heavy atom. The van der Waals surface area contributed by atoms with Gasteiger partial charge in [0.25, 0.3) is 0 Å². The Bertz CT molecular complexity index is 329. The van der Waals surface area contributed by atoms with Gasteiger partial charge in [0, 0.05) is 17.8 Å². The topological polar surface area (TPSA) is 60.2 Å². The minimum atomic E-state index is -0.500. The van der Waals surface area contributed by atoms with Gasteiger partial charge in [0.1, 0.15) is 6.29 Å². The molecule has 0 aromatic rings. The second-order valence-electron chi connectivity index (χ2n) is 6.70. The predicted octanol–water partition coefficient (Wildman–Crippen LogP) is 6.26. The van der Waals surface area contributed by atoms with Crippen molar-refractivity contribution < 1.29 is 9.72 Å². The highest BCUT2D eigenvalue weighted by Gasteiger charge is 2.14. The van der Waals surface area contributed by atoms with Gasteiger partial charge < -0.3 is 4.79 Å².